The smallest absolute Gasteiger partial charge is 0.0453 e. The zero-order valence-corrected chi connectivity index (χ0v) is 13.7. The van der Waals surface area contributed by atoms with Crippen LogP contribution >= 0.6 is 35.0 Å². The standard InChI is InChI=1S/C14H20Cl2N2S/c1-17-13(14-9-19-6-5-18(14)2)7-10-3-4-11(15)8-12(10)16/h3-4,8,13-14,17H,5-7,9H2,1-2H3. The van der Waals surface area contributed by atoms with Crippen LogP contribution in [0.4, 0.5) is 0 Å². The number of halogens is 2. The third-order valence-corrected chi connectivity index (χ3v) is 5.37. The van der Waals surface area contributed by atoms with Gasteiger partial charge in [-0.1, -0.05) is 29.3 Å². The summed E-state index contributed by atoms with van der Waals surface area (Å²) in [5.41, 5.74) is 1.16. The summed E-state index contributed by atoms with van der Waals surface area (Å²) in [4.78, 5) is 2.45. The van der Waals surface area contributed by atoms with Crippen molar-refractivity contribution in [2.45, 2.75) is 18.5 Å². The highest BCUT2D eigenvalue weighted by molar-refractivity contribution is 7.99. The molecule has 2 rings (SSSR count). The van der Waals surface area contributed by atoms with Crippen LogP contribution in [0.25, 0.3) is 0 Å². The van der Waals surface area contributed by atoms with E-state index in [4.69, 9.17) is 23.2 Å². The molecule has 1 N–H and O–H groups in total. The first kappa shape index (κ1) is 15.5. The van der Waals surface area contributed by atoms with Gasteiger partial charge in [0.2, 0.25) is 0 Å². The Bertz CT molecular complexity index is 428. The Balaban J connectivity index is 2.09. The van der Waals surface area contributed by atoms with Crippen LogP contribution in [0.3, 0.4) is 0 Å². The maximum atomic E-state index is 6.27. The minimum Gasteiger partial charge on any atom is -0.315 e. The number of hydrogen-bond acceptors (Lipinski definition) is 3. The van der Waals surface area contributed by atoms with Gasteiger partial charge in [0.05, 0.1) is 0 Å². The minimum absolute atomic E-state index is 0.413. The second-order valence-electron chi connectivity index (χ2n) is 4.96. The van der Waals surface area contributed by atoms with E-state index in [2.05, 4.69) is 17.3 Å². The quantitative estimate of drug-likeness (QED) is 0.918. The van der Waals surface area contributed by atoms with Gasteiger partial charge in [-0.2, -0.15) is 11.8 Å². The molecule has 0 aromatic heterocycles. The molecule has 0 amide bonds. The lowest BCUT2D eigenvalue weighted by Crippen LogP contribution is -2.52. The van der Waals surface area contributed by atoms with E-state index in [1.165, 1.54) is 11.5 Å². The van der Waals surface area contributed by atoms with Crippen LogP contribution in [-0.2, 0) is 6.42 Å². The van der Waals surface area contributed by atoms with E-state index in [-0.39, 0.29) is 0 Å². The number of thioether (sulfide) groups is 1. The predicted molar refractivity (Wildman–Crippen MR) is 86.8 cm³/mol. The van der Waals surface area contributed by atoms with Crippen LogP contribution in [0.15, 0.2) is 18.2 Å². The molecule has 1 aliphatic heterocycles. The van der Waals surface area contributed by atoms with Gasteiger partial charge in [0.25, 0.3) is 0 Å². The van der Waals surface area contributed by atoms with Crippen LogP contribution in [0.2, 0.25) is 10.0 Å². The van der Waals surface area contributed by atoms with Crippen LogP contribution in [0.5, 0.6) is 0 Å². The largest absolute Gasteiger partial charge is 0.315 e. The zero-order chi connectivity index (χ0) is 13.8. The van der Waals surface area contributed by atoms with Gasteiger partial charge in [0.1, 0.15) is 0 Å². The Morgan fingerprint density at radius 3 is 2.89 bits per heavy atom. The molecular formula is C14H20Cl2N2S. The third-order valence-electron chi connectivity index (χ3n) is 3.73. The lowest BCUT2D eigenvalue weighted by Gasteiger charge is -2.37. The van der Waals surface area contributed by atoms with Crippen LogP contribution < -0.4 is 5.32 Å². The van der Waals surface area contributed by atoms with Gasteiger partial charge in [0.15, 0.2) is 0 Å². The third kappa shape index (κ3) is 4.02. The number of hydrogen-bond donors (Lipinski definition) is 1. The number of nitrogens with one attached hydrogen (secondary N) is 1. The number of rotatable bonds is 4. The SMILES string of the molecule is CNC(Cc1ccc(Cl)cc1Cl)C1CSCCN1C. The molecule has 0 saturated carbocycles. The van der Waals surface area contributed by atoms with E-state index < -0.39 is 0 Å². The van der Waals surface area contributed by atoms with Gasteiger partial charge < -0.3 is 10.2 Å². The summed E-state index contributed by atoms with van der Waals surface area (Å²) in [6.45, 7) is 1.15. The molecule has 5 heteroatoms. The molecule has 1 aromatic rings. The first-order valence-corrected chi connectivity index (χ1v) is 8.42. The van der Waals surface area contributed by atoms with Crippen molar-refractivity contribution in [3.05, 3.63) is 33.8 Å². The lowest BCUT2D eigenvalue weighted by atomic mass is 9.99. The Kier molecular flexibility index (Phi) is 5.85. The highest BCUT2D eigenvalue weighted by Gasteiger charge is 2.27. The van der Waals surface area contributed by atoms with E-state index >= 15 is 0 Å². The number of benzene rings is 1. The Morgan fingerprint density at radius 2 is 2.26 bits per heavy atom. The van der Waals surface area contributed by atoms with Crippen LogP contribution in [-0.4, -0.2) is 49.1 Å². The van der Waals surface area contributed by atoms with Crippen molar-refractivity contribution in [2.75, 3.05) is 32.1 Å². The Hall–Kier alpha value is 0.0700. The van der Waals surface area contributed by atoms with Crippen molar-refractivity contribution in [1.29, 1.82) is 0 Å². The van der Waals surface area contributed by atoms with Gasteiger partial charge >= 0.3 is 0 Å². The molecule has 0 bridgehead atoms. The zero-order valence-electron chi connectivity index (χ0n) is 11.3. The lowest BCUT2D eigenvalue weighted by molar-refractivity contribution is 0.219. The fourth-order valence-corrected chi connectivity index (χ4v) is 4.28. The van der Waals surface area contributed by atoms with Crippen molar-refractivity contribution >= 4 is 35.0 Å². The molecule has 1 aliphatic rings. The minimum atomic E-state index is 0.413. The topological polar surface area (TPSA) is 15.3 Å². The normalized spacial score (nSPS) is 22.4. The van der Waals surface area contributed by atoms with Gasteiger partial charge in [-0.3, -0.25) is 0 Å². The fraction of sp³-hybridized carbons (Fsp3) is 0.571. The van der Waals surface area contributed by atoms with E-state index in [1.807, 2.05) is 37.0 Å². The monoisotopic (exact) mass is 318 g/mol. The van der Waals surface area contributed by atoms with Crippen molar-refractivity contribution in [2.24, 2.45) is 0 Å². The molecular weight excluding hydrogens is 299 g/mol. The first-order valence-electron chi connectivity index (χ1n) is 6.51. The molecule has 1 heterocycles. The van der Waals surface area contributed by atoms with Crippen molar-refractivity contribution in [1.82, 2.24) is 10.2 Å². The van der Waals surface area contributed by atoms with Gasteiger partial charge in [-0.05, 0) is 38.2 Å². The summed E-state index contributed by atoms with van der Waals surface area (Å²) < 4.78 is 0. The molecule has 106 valence electrons. The molecule has 2 atom stereocenters. The van der Waals surface area contributed by atoms with E-state index in [9.17, 15) is 0 Å². The summed E-state index contributed by atoms with van der Waals surface area (Å²) in [7, 11) is 4.24. The van der Waals surface area contributed by atoms with E-state index in [0.717, 1.165) is 23.6 Å². The van der Waals surface area contributed by atoms with Gasteiger partial charge in [-0.25, -0.2) is 0 Å². The summed E-state index contributed by atoms with van der Waals surface area (Å²) in [6.07, 6.45) is 0.933. The molecule has 0 radical (unpaired) electrons. The first-order chi connectivity index (χ1) is 9.11. The molecule has 0 spiro atoms. The summed E-state index contributed by atoms with van der Waals surface area (Å²) in [5, 5.41) is 4.90. The second-order valence-corrected chi connectivity index (χ2v) is 6.95. The highest BCUT2D eigenvalue weighted by atomic mass is 35.5. The van der Waals surface area contributed by atoms with Gasteiger partial charge in [-0.15, -0.1) is 0 Å². The fourth-order valence-electron chi connectivity index (χ4n) is 2.48. The second kappa shape index (κ2) is 7.19. The maximum absolute atomic E-state index is 6.27. The van der Waals surface area contributed by atoms with Crippen molar-refractivity contribution in [3.8, 4) is 0 Å². The molecule has 19 heavy (non-hydrogen) atoms. The van der Waals surface area contributed by atoms with E-state index in [1.54, 1.807) is 0 Å². The predicted octanol–water partition coefficient (Wildman–Crippen LogP) is 3.17. The van der Waals surface area contributed by atoms with Gasteiger partial charge in [0, 0.05) is 40.2 Å². The highest BCUT2D eigenvalue weighted by Crippen LogP contribution is 2.25. The van der Waals surface area contributed by atoms with Crippen LogP contribution in [0.1, 0.15) is 5.56 Å². The van der Waals surface area contributed by atoms with Crippen molar-refractivity contribution in [3.63, 3.8) is 0 Å². The van der Waals surface area contributed by atoms with E-state index in [0.29, 0.717) is 17.1 Å². The average molecular weight is 319 g/mol. The average Bonchev–Trinajstić information content (AvgIpc) is 2.39. The summed E-state index contributed by atoms with van der Waals surface area (Å²) in [5.74, 6) is 2.40. The van der Waals surface area contributed by atoms with Crippen LogP contribution in [0, 0.1) is 0 Å². The molecule has 0 aliphatic carbocycles. The number of nitrogens with zero attached hydrogens (tertiary/aromatic N) is 1. The van der Waals surface area contributed by atoms with Crippen molar-refractivity contribution < 1.29 is 0 Å². The summed E-state index contributed by atoms with van der Waals surface area (Å²) in [6, 6.07) is 6.73. The summed E-state index contributed by atoms with van der Waals surface area (Å²) >= 11 is 14.3. The maximum Gasteiger partial charge on any atom is 0.0453 e. The molecule has 1 fully saturated rings. The molecule has 1 aromatic carbocycles. The Morgan fingerprint density at radius 1 is 1.47 bits per heavy atom. The Labute approximate surface area is 129 Å². The molecule has 2 nitrogen and oxygen atoms in total. The number of likely N-dealkylation sites (N-methyl/N-ethyl adjacent to an activating group) is 2. The molecule has 1 saturated heterocycles. The molecule has 2 unspecified atom stereocenters.